The van der Waals surface area contributed by atoms with Crippen molar-refractivity contribution in [2.45, 2.75) is 24.7 Å². The molecule has 1 aliphatic heterocycles. The van der Waals surface area contributed by atoms with Gasteiger partial charge in [0.1, 0.15) is 0 Å². The highest BCUT2D eigenvalue weighted by molar-refractivity contribution is 7.90. The molecule has 1 saturated heterocycles. The number of aromatic nitrogens is 2. The summed E-state index contributed by atoms with van der Waals surface area (Å²) in [5.74, 6) is 0.410. The van der Waals surface area contributed by atoms with E-state index in [1.807, 2.05) is 39.2 Å². The van der Waals surface area contributed by atoms with Crippen LogP contribution in [0.5, 0.6) is 0 Å². The minimum atomic E-state index is -3.17. The molecular weight excluding hydrogens is 376 g/mol. The van der Waals surface area contributed by atoms with Crippen LogP contribution in [0.3, 0.4) is 0 Å². The van der Waals surface area contributed by atoms with Gasteiger partial charge in [-0.3, -0.25) is 9.48 Å². The van der Waals surface area contributed by atoms with E-state index in [9.17, 15) is 13.2 Å². The van der Waals surface area contributed by atoms with Gasteiger partial charge in [0, 0.05) is 51.4 Å². The average Bonchev–Trinajstić information content (AvgIpc) is 3.00. The summed E-state index contributed by atoms with van der Waals surface area (Å²) in [4.78, 5) is 17.0. The number of sulfone groups is 1. The third-order valence-corrected chi connectivity index (χ3v) is 6.58. The molecule has 0 aliphatic carbocycles. The fourth-order valence-electron chi connectivity index (χ4n) is 3.61. The van der Waals surface area contributed by atoms with Gasteiger partial charge in [-0.05, 0) is 56.0 Å². The summed E-state index contributed by atoms with van der Waals surface area (Å²) in [7, 11) is 0.506. The van der Waals surface area contributed by atoms with Crippen LogP contribution >= 0.6 is 0 Å². The molecule has 8 heteroatoms. The first-order valence-corrected chi connectivity index (χ1v) is 11.4. The van der Waals surface area contributed by atoms with E-state index in [1.54, 1.807) is 21.7 Å². The lowest BCUT2D eigenvalue weighted by Gasteiger charge is -2.35. The molecule has 2 heterocycles. The second kappa shape index (κ2) is 7.95. The van der Waals surface area contributed by atoms with Gasteiger partial charge in [-0.25, -0.2) is 8.42 Å². The molecule has 1 aromatic carbocycles. The standard InChI is InChI=1S/C20H28N4O3S/c1-15-13-19(21-23(15)3)20(25)22(2)14-16-9-11-24(12-10-16)17-5-7-18(8-6-17)28(4,26)27/h5-8,13,16H,9-12,14H2,1-4H3. The summed E-state index contributed by atoms with van der Waals surface area (Å²) in [5, 5.41) is 4.27. The molecule has 0 bridgehead atoms. The highest BCUT2D eigenvalue weighted by Gasteiger charge is 2.24. The summed E-state index contributed by atoms with van der Waals surface area (Å²) in [5.41, 5.74) is 2.50. The maximum Gasteiger partial charge on any atom is 0.274 e. The number of hydrogen-bond donors (Lipinski definition) is 0. The average molecular weight is 405 g/mol. The van der Waals surface area contributed by atoms with Gasteiger partial charge in [0.15, 0.2) is 15.5 Å². The lowest BCUT2D eigenvalue weighted by molar-refractivity contribution is 0.0758. The van der Waals surface area contributed by atoms with Gasteiger partial charge in [-0.15, -0.1) is 0 Å². The van der Waals surface area contributed by atoms with Crippen molar-refractivity contribution in [1.29, 1.82) is 0 Å². The largest absolute Gasteiger partial charge is 0.372 e. The van der Waals surface area contributed by atoms with Crippen LogP contribution < -0.4 is 4.90 Å². The van der Waals surface area contributed by atoms with E-state index in [4.69, 9.17) is 0 Å². The van der Waals surface area contributed by atoms with Gasteiger partial charge in [0.25, 0.3) is 5.91 Å². The highest BCUT2D eigenvalue weighted by Crippen LogP contribution is 2.25. The molecule has 2 aromatic rings. The fraction of sp³-hybridized carbons (Fsp3) is 0.500. The number of rotatable bonds is 5. The Hall–Kier alpha value is -2.35. The lowest BCUT2D eigenvalue weighted by Crippen LogP contribution is -2.39. The Kier molecular flexibility index (Phi) is 5.79. The zero-order valence-corrected chi connectivity index (χ0v) is 17.7. The van der Waals surface area contributed by atoms with Crippen LogP contribution in [0.25, 0.3) is 0 Å². The van der Waals surface area contributed by atoms with Crippen molar-refractivity contribution in [1.82, 2.24) is 14.7 Å². The van der Waals surface area contributed by atoms with Gasteiger partial charge < -0.3 is 9.80 Å². The van der Waals surface area contributed by atoms with E-state index in [2.05, 4.69) is 10.00 Å². The molecule has 0 saturated carbocycles. The quantitative estimate of drug-likeness (QED) is 0.763. The van der Waals surface area contributed by atoms with Gasteiger partial charge in [-0.1, -0.05) is 0 Å². The Labute approximate surface area is 166 Å². The van der Waals surface area contributed by atoms with E-state index < -0.39 is 9.84 Å². The summed E-state index contributed by atoms with van der Waals surface area (Å²) in [6.07, 6.45) is 3.21. The first-order valence-electron chi connectivity index (χ1n) is 9.46. The zero-order chi connectivity index (χ0) is 20.5. The summed E-state index contributed by atoms with van der Waals surface area (Å²) in [6, 6.07) is 8.89. The Bertz CT molecular complexity index is 923. The van der Waals surface area contributed by atoms with Crippen molar-refractivity contribution in [2.24, 2.45) is 13.0 Å². The van der Waals surface area contributed by atoms with Crippen molar-refractivity contribution in [3.8, 4) is 0 Å². The number of carbonyl (C=O) groups excluding carboxylic acids is 1. The van der Waals surface area contributed by atoms with Crippen LogP contribution in [-0.4, -0.2) is 61.9 Å². The van der Waals surface area contributed by atoms with E-state index in [-0.39, 0.29) is 5.91 Å². The molecule has 1 aliphatic rings. The van der Waals surface area contributed by atoms with Crippen molar-refractivity contribution in [2.75, 3.05) is 37.8 Å². The maximum absolute atomic E-state index is 12.6. The number of amides is 1. The third-order valence-electron chi connectivity index (χ3n) is 5.46. The second-order valence-electron chi connectivity index (χ2n) is 7.68. The van der Waals surface area contributed by atoms with Crippen LogP contribution in [0, 0.1) is 12.8 Å². The number of anilines is 1. The molecule has 1 aromatic heterocycles. The summed E-state index contributed by atoms with van der Waals surface area (Å²) in [6.45, 7) is 4.44. The molecule has 0 N–H and O–H groups in total. The smallest absolute Gasteiger partial charge is 0.274 e. The lowest BCUT2D eigenvalue weighted by atomic mass is 9.96. The van der Waals surface area contributed by atoms with Crippen LogP contribution in [0.1, 0.15) is 29.0 Å². The zero-order valence-electron chi connectivity index (χ0n) is 16.9. The number of piperidine rings is 1. The number of benzene rings is 1. The molecule has 0 spiro atoms. The van der Waals surface area contributed by atoms with Crippen molar-refractivity contribution >= 4 is 21.4 Å². The summed E-state index contributed by atoms with van der Waals surface area (Å²) >= 11 is 0. The van der Waals surface area contributed by atoms with Crippen molar-refractivity contribution < 1.29 is 13.2 Å². The molecule has 1 fully saturated rings. The molecule has 0 unspecified atom stereocenters. The predicted molar refractivity (Wildman–Crippen MR) is 109 cm³/mol. The molecule has 0 radical (unpaired) electrons. The maximum atomic E-state index is 12.6. The molecule has 0 atom stereocenters. The molecule has 3 rings (SSSR count). The Morgan fingerprint density at radius 1 is 1.21 bits per heavy atom. The van der Waals surface area contributed by atoms with Crippen LogP contribution in [-0.2, 0) is 16.9 Å². The highest BCUT2D eigenvalue weighted by atomic mass is 32.2. The normalized spacial score (nSPS) is 15.6. The predicted octanol–water partition coefficient (Wildman–Crippen LogP) is 2.12. The minimum absolute atomic E-state index is 0.0394. The first-order chi connectivity index (χ1) is 13.1. The van der Waals surface area contributed by atoms with Crippen molar-refractivity contribution in [3.05, 3.63) is 41.7 Å². The van der Waals surface area contributed by atoms with Gasteiger partial charge in [-0.2, -0.15) is 5.10 Å². The number of hydrogen-bond acceptors (Lipinski definition) is 5. The molecule has 152 valence electrons. The van der Waals surface area contributed by atoms with Crippen LogP contribution in [0.15, 0.2) is 35.2 Å². The second-order valence-corrected chi connectivity index (χ2v) is 9.69. The molecular formula is C20H28N4O3S. The van der Waals surface area contributed by atoms with E-state index in [0.717, 1.165) is 43.9 Å². The minimum Gasteiger partial charge on any atom is -0.372 e. The van der Waals surface area contributed by atoms with E-state index in [1.165, 1.54) is 6.26 Å². The topological polar surface area (TPSA) is 75.5 Å². The first kappa shape index (κ1) is 20.4. The van der Waals surface area contributed by atoms with Gasteiger partial charge in [0.05, 0.1) is 4.90 Å². The Balaban J connectivity index is 1.54. The Morgan fingerprint density at radius 3 is 2.32 bits per heavy atom. The number of aryl methyl sites for hydroxylation is 2. The monoisotopic (exact) mass is 404 g/mol. The van der Waals surface area contributed by atoms with Crippen molar-refractivity contribution in [3.63, 3.8) is 0 Å². The SMILES string of the molecule is Cc1cc(C(=O)N(C)CC2CCN(c3ccc(S(C)(=O)=O)cc3)CC2)nn1C. The van der Waals surface area contributed by atoms with Crippen LogP contribution in [0.2, 0.25) is 0 Å². The molecule has 7 nitrogen and oxygen atoms in total. The fourth-order valence-corrected chi connectivity index (χ4v) is 4.24. The number of carbonyl (C=O) groups is 1. The van der Waals surface area contributed by atoms with E-state index in [0.29, 0.717) is 16.5 Å². The molecule has 1 amide bonds. The Morgan fingerprint density at radius 2 is 1.82 bits per heavy atom. The van der Waals surface area contributed by atoms with Gasteiger partial charge >= 0.3 is 0 Å². The van der Waals surface area contributed by atoms with E-state index >= 15 is 0 Å². The van der Waals surface area contributed by atoms with Gasteiger partial charge in [0.2, 0.25) is 0 Å². The van der Waals surface area contributed by atoms with Crippen LogP contribution in [0.4, 0.5) is 5.69 Å². The summed E-state index contributed by atoms with van der Waals surface area (Å²) < 4.78 is 24.9. The number of nitrogens with zero attached hydrogens (tertiary/aromatic N) is 4. The molecule has 28 heavy (non-hydrogen) atoms. The third kappa shape index (κ3) is 4.55.